The number of hydrogen-bond donors (Lipinski definition) is 2. The summed E-state index contributed by atoms with van der Waals surface area (Å²) in [6.45, 7) is 6.75. The first kappa shape index (κ1) is 22.9. The molecule has 0 spiro atoms. The lowest BCUT2D eigenvalue weighted by molar-refractivity contribution is 0.590. The molecule has 1 aromatic carbocycles. The molecule has 29 heavy (non-hydrogen) atoms. The summed E-state index contributed by atoms with van der Waals surface area (Å²) in [5, 5.41) is 11.0. The molecule has 1 atom stereocenters. The molecule has 0 saturated carbocycles. The van der Waals surface area contributed by atoms with E-state index in [9.17, 15) is 8.42 Å². The lowest BCUT2D eigenvalue weighted by Gasteiger charge is -2.18. The molecule has 0 saturated heterocycles. The molecular weight excluding hydrogens is 386 g/mol. The van der Waals surface area contributed by atoms with Crippen LogP contribution < -0.4 is 10.6 Å². The van der Waals surface area contributed by atoms with Crippen LogP contribution in [0.1, 0.15) is 35.9 Å². The van der Waals surface area contributed by atoms with Crippen molar-refractivity contribution in [3.8, 4) is 0 Å². The van der Waals surface area contributed by atoms with Crippen LogP contribution in [0.15, 0.2) is 35.3 Å². The zero-order valence-electron chi connectivity index (χ0n) is 18.1. The first-order valence-corrected chi connectivity index (χ1v) is 11.7. The summed E-state index contributed by atoms with van der Waals surface area (Å²) in [5.74, 6) is 0.911. The Bertz CT molecular complexity index is 920. The van der Waals surface area contributed by atoms with Crippen molar-refractivity contribution in [2.24, 2.45) is 12.0 Å². The highest BCUT2D eigenvalue weighted by Gasteiger charge is 2.15. The Balaban J connectivity index is 1.77. The Morgan fingerprint density at radius 3 is 2.52 bits per heavy atom. The van der Waals surface area contributed by atoms with Crippen LogP contribution >= 0.6 is 0 Å². The number of rotatable bonds is 9. The molecule has 0 radical (unpaired) electrons. The standard InChI is InChI=1S/C21H33N5O2S/c1-16(14-20-17(2)25-26(5)18(20)3)24-21(22-4)23-12-9-13-29(27,28)15-19-10-7-6-8-11-19/h6-8,10-11,16H,9,12-15H2,1-5H3,(H2,22,23,24). The number of nitrogens with one attached hydrogen (secondary N) is 2. The van der Waals surface area contributed by atoms with Crippen LogP contribution in [0.5, 0.6) is 0 Å². The fourth-order valence-corrected chi connectivity index (χ4v) is 4.73. The monoisotopic (exact) mass is 419 g/mol. The summed E-state index contributed by atoms with van der Waals surface area (Å²) in [6, 6.07) is 9.46. The molecule has 0 bridgehead atoms. The maximum absolute atomic E-state index is 12.3. The van der Waals surface area contributed by atoms with E-state index in [2.05, 4.69) is 34.6 Å². The van der Waals surface area contributed by atoms with E-state index < -0.39 is 9.84 Å². The predicted molar refractivity (Wildman–Crippen MR) is 119 cm³/mol. The number of guanidine groups is 1. The number of benzene rings is 1. The van der Waals surface area contributed by atoms with Crippen LogP contribution in [-0.2, 0) is 29.1 Å². The first-order valence-electron chi connectivity index (χ1n) is 9.92. The van der Waals surface area contributed by atoms with Gasteiger partial charge in [-0.1, -0.05) is 30.3 Å². The van der Waals surface area contributed by atoms with Crippen LogP contribution in [0.4, 0.5) is 0 Å². The van der Waals surface area contributed by atoms with E-state index in [4.69, 9.17) is 0 Å². The molecule has 7 nitrogen and oxygen atoms in total. The van der Waals surface area contributed by atoms with Crippen molar-refractivity contribution in [1.29, 1.82) is 0 Å². The third kappa shape index (κ3) is 7.20. The molecule has 2 aromatic rings. The summed E-state index contributed by atoms with van der Waals surface area (Å²) in [7, 11) is 0.552. The van der Waals surface area contributed by atoms with Gasteiger partial charge in [0.25, 0.3) is 0 Å². The molecule has 0 amide bonds. The van der Waals surface area contributed by atoms with E-state index >= 15 is 0 Å². The van der Waals surface area contributed by atoms with Gasteiger partial charge in [0.2, 0.25) is 0 Å². The van der Waals surface area contributed by atoms with Gasteiger partial charge in [0.05, 0.1) is 17.2 Å². The van der Waals surface area contributed by atoms with Gasteiger partial charge in [-0.05, 0) is 44.7 Å². The van der Waals surface area contributed by atoms with E-state index in [-0.39, 0.29) is 17.5 Å². The van der Waals surface area contributed by atoms with Crippen LogP contribution in [0.3, 0.4) is 0 Å². The Hall–Kier alpha value is -2.35. The Kier molecular flexibility index (Phi) is 8.25. The Labute approximate surface area is 174 Å². The smallest absolute Gasteiger partial charge is 0.191 e. The predicted octanol–water partition coefficient (Wildman–Crippen LogP) is 2.14. The second-order valence-corrected chi connectivity index (χ2v) is 9.64. The van der Waals surface area contributed by atoms with Crippen molar-refractivity contribution in [1.82, 2.24) is 20.4 Å². The molecule has 0 aliphatic heterocycles. The minimum absolute atomic E-state index is 0.0850. The van der Waals surface area contributed by atoms with E-state index in [0.717, 1.165) is 17.7 Å². The molecule has 0 aliphatic rings. The van der Waals surface area contributed by atoms with Crippen molar-refractivity contribution in [2.75, 3.05) is 19.3 Å². The van der Waals surface area contributed by atoms with Gasteiger partial charge in [-0.25, -0.2) is 8.42 Å². The zero-order valence-corrected chi connectivity index (χ0v) is 18.9. The third-order valence-electron chi connectivity index (χ3n) is 4.93. The van der Waals surface area contributed by atoms with Crippen LogP contribution in [0.2, 0.25) is 0 Å². The van der Waals surface area contributed by atoms with Crippen molar-refractivity contribution in [2.45, 2.75) is 45.4 Å². The van der Waals surface area contributed by atoms with E-state index in [1.54, 1.807) is 7.05 Å². The normalized spacial score (nSPS) is 13.3. The van der Waals surface area contributed by atoms with Crippen LogP contribution in [0, 0.1) is 13.8 Å². The van der Waals surface area contributed by atoms with E-state index in [1.165, 1.54) is 11.3 Å². The summed E-state index contributed by atoms with van der Waals surface area (Å²) in [5.41, 5.74) is 4.29. The molecule has 8 heteroatoms. The average Bonchev–Trinajstić information content (AvgIpc) is 2.90. The number of aromatic nitrogens is 2. The van der Waals surface area contributed by atoms with Crippen molar-refractivity contribution in [3.05, 3.63) is 52.8 Å². The molecule has 160 valence electrons. The topological polar surface area (TPSA) is 88.4 Å². The van der Waals surface area contributed by atoms with Crippen molar-refractivity contribution < 1.29 is 8.42 Å². The largest absolute Gasteiger partial charge is 0.356 e. The second-order valence-electron chi connectivity index (χ2n) is 7.45. The van der Waals surface area contributed by atoms with Gasteiger partial charge in [0.1, 0.15) is 0 Å². The van der Waals surface area contributed by atoms with Gasteiger partial charge in [0.15, 0.2) is 15.8 Å². The summed E-state index contributed by atoms with van der Waals surface area (Å²) in [6.07, 6.45) is 1.38. The Morgan fingerprint density at radius 2 is 1.93 bits per heavy atom. The van der Waals surface area contributed by atoms with Crippen LogP contribution in [0.25, 0.3) is 0 Å². The molecule has 2 rings (SSSR count). The fraction of sp³-hybridized carbons (Fsp3) is 0.524. The fourth-order valence-electron chi connectivity index (χ4n) is 3.30. The van der Waals surface area contributed by atoms with Gasteiger partial charge in [-0.15, -0.1) is 0 Å². The summed E-state index contributed by atoms with van der Waals surface area (Å²) < 4.78 is 26.5. The maximum atomic E-state index is 12.3. The van der Waals surface area contributed by atoms with E-state index in [1.807, 2.05) is 49.0 Å². The minimum Gasteiger partial charge on any atom is -0.356 e. The molecular formula is C21H33N5O2S. The molecule has 2 N–H and O–H groups in total. The highest BCUT2D eigenvalue weighted by Crippen LogP contribution is 2.14. The Morgan fingerprint density at radius 1 is 1.24 bits per heavy atom. The number of hydrogen-bond acceptors (Lipinski definition) is 4. The highest BCUT2D eigenvalue weighted by molar-refractivity contribution is 7.90. The molecule has 1 heterocycles. The summed E-state index contributed by atoms with van der Waals surface area (Å²) in [4.78, 5) is 4.25. The minimum atomic E-state index is -3.12. The SMILES string of the molecule is CN=C(NCCCS(=O)(=O)Cc1ccccc1)NC(C)Cc1c(C)nn(C)c1C. The lowest BCUT2D eigenvalue weighted by Crippen LogP contribution is -2.43. The number of aryl methyl sites for hydroxylation is 2. The first-order chi connectivity index (χ1) is 13.7. The quantitative estimate of drug-likeness (QED) is 0.369. The molecule has 0 fully saturated rings. The molecule has 1 unspecified atom stereocenters. The van der Waals surface area contributed by atoms with E-state index in [0.29, 0.717) is 18.9 Å². The van der Waals surface area contributed by atoms with Gasteiger partial charge in [0, 0.05) is 32.4 Å². The molecule has 0 aliphatic carbocycles. The van der Waals surface area contributed by atoms with Crippen molar-refractivity contribution >= 4 is 15.8 Å². The zero-order chi connectivity index (χ0) is 21.4. The van der Waals surface area contributed by atoms with Crippen molar-refractivity contribution in [3.63, 3.8) is 0 Å². The average molecular weight is 420 g/mol. The number of nitrogens with zero attached hydrogens (tertiary/aromatic N) is 3. The van der Waals surface area contributed by atoms with Gasteiger partial charge in [-0.2, -0.15) is 5.10 Å². The highest BCUT2D eigenvalue weighted by atomic mass is 32.2. The molecule has 1 aromatic heterocycles. The third-order valence-corrected chi connectivity index (χ3v) is 6.61. The second kappa shape index (κ2) is 10.4. The van der Waals surface area contributed by atoms with Gasteiger partial charge < -0.3 is 10.6 Å². The number of aliphatic imine (C=N–C) groups is 1. The van der Waals surface area contributed by atoms with Gasteiger partial charge in [-0.3, -0.25) is 9.67 Å². The summed E-state index contributed by atoms with van der Waals surface area (Å²) >= 11 is 0. The van der Waals surface area contributed by atoms with Crippen LogP contribution in [-0.4, -0.2) is 49.5 Å². The number of sulfone groups is 1. The van der Waals surface area contributed by atoms with Gasteiger partial charge >= 0.3 is 0 Å². The lowest BCUT2D eigenvalue weighted by atomic mass is 10.1. The maximum Gasteiger partial charge on any atom is 0.191 e.